The summed E-state index contributed by atoms with van der Waals surface area (Å²) in [6.45, 7) is 1.90. The number of unbranched alkanes of at least 4 members (excludes halogenated alkanes) is 1. The lowest BCUT2D eigenvalue weighted by atomic mass is 9.75. The summed E-state index contributed by atoms with van der Waals surface area (Å²) < 4.78 is 43.5. The molecule has 2 aromatic carbocycles. The Labute approximate surface area is 256 Å². The first-order chi connectivity index (χ1) is 19.3. The quantitative estimate of drug-likeness (QED) is 0.185. The number of carbonyl (C=O) groups is 3. The first-order valence-corrected chi connectivity index (χ1v) is 15.2. The van der Waals surface area contributed by atoms with Crippen molar-refractivity contribution >= 4 is 56.5 Å². The summed E-state index contributed by atoms with van der Waals surface area (Å²) in [6, 6.07) is 4.73. The second kappa shape index (κ2) is 15.0. The topological polar surface area (TPSA) is 83.5 Å². The summed E-state index contributed by atoms with van der Waals surface area (Å²) in [5.41, 5.74) is 0.211. The number of Topliss-reactive ketones (excluding diaryl/α,β-unsaturated/α-hetero) is 3. The van der Waals surface area contributed by atoms with Gasteiger partial charge in [0, 0.05) is 23.2 Å². The monoisotopic (exact) mass is 677 g/mol. The molecule has 0 unspecified atom stereocenters. The minimum Gasteiger partial charge on any atom is -0.505 e. The second-order valence-electron chi connectivity index (χ2n) is 10.7. The van der Waals surface area contributed by atoms with Crippen molar-refractivity contribution in [2.75, 3.05) is 0 Å². The zero-order valence-electron chi connectivity index (χ0n) is 22.6. The van der Waals surface area contributed by atoms with Crippen LogP contribution in [-0.4, -0.2) is 34.7 Å². The van der Waals surface area contributed by atoms with Crippen LogP contribution in [0.2, 0.25) is 10.0 Å². The Morgan fingerprint density at radius 2 is 1.78 bits per heavy atom. The van der Waals surface area contributed by atoms with E-state index in [1.807, 2.05) is 6.92 Å². The molecule has 1 saturated carbocycles. The smallest absolute Gasteiger partial charge is 0.407 e. The number of alkyl halides is 3. The van der Waals surface area contributed by atoms with Crippen molar-refractivity contribution in [3.8, 4) is 5.75 Å². The maximum absolute atomic E-state index is 14.4. The maximum atomic E-state index is 14.4. The number of nitrogens with one attached hydrogen (secondary N) is 1. The van der Waals surface area contributed by atoms with Crippen LogP contribution >= 0.6 is 39.1 Å². The molecule has 224 valence electrons. The van der Waals surface area contributed by atoms with E-state index >= 15 is 0 Å². The lowest BCUT2D eigenvalue weighted by molar-refractivity contribution is -0.161. The van der Waals surface area contributed by atoms with Crippen LogP contribution in [0, 0.1) is 11.8 Å². The fourth-order valence-electron chi connectivity index (χ4n) is 4.99. The molecular weight excluding hydrogens is 646 g/mol. The third kappa shape index (κ3) is 9.53. The van der Waals surface area contributed by atoms with Gasteiger partial charge in [0.1, 0.15) is 6.04 Å². The van der Waals surface area contributed by atoms with Gasteiger partial charge in [-0.05, 0) is 60.6 Å². The van der Waals surface area contributed by atoms with E-state index in [9.17, 15) is 32.7 Å². The van der Waals surface area contributed by atoms with Crippen molar-refractivity contribution in [2.45, 2.75) is 83.0 Å². The summed E-state index contributed by atoms with van der Waals surface area (Å²) >= 11 is 15.3. The molecule has 1 fully saturated rings. The van der Waals surface area contributed by atoms with Crippen molar-refractivity contribution in [2.24, 2.45) is 11.8 Å². The molecule has 0 saturated heterocycles. The third-order valence-corrected chi connectivity index (χ3v) is 8.55. The van der Waals surface area contributed by atoms with Crippen LogP contribution in [0.4, 0.5) is 13.2 Å². The number of phenols is 1. The first-order valence-electron chi connectivity index (χ1n) is 13.6. The van der Waals surface area contributed by atoms with Crippen LogP contribution in [-0.2, 0) is 20.8 Å². The zero-order valence-corrected chi connectivity index (χ0v) is 25.7. The van der Waals surface area contributed by atoms with E-state index in [-0.39, 0.29) is 46.5 Å². The highest BCUT2D eigenvalue weighted by atomic mass is 79.9. The summed E-state index contributed by atoms with van der Waals surface area (Å²) in [4.78, 5) is 39.5. The highest BCUT2D eigenvalue weighted by molar-refractivity contribution is 9.10. The van der Waals surface area contributed by atoms with Crippen LogP contribution in [0.25, 0.3) is 0 Å². The van der Waals surface area contributed by atoms with Gasteiger partial charge in [-0.15, -0.1) is 0 Å². The molecule has 0 bridgehead atoms. The molecule has 3 atom stereocenters. The molecular formula is C30H33BrCl2F3NO4. The minimum absolute atomic E-state index is 0.0793. The SMILES string of the molecule is CCCCC(=O)C(=O)[C@@H](CC(=O)[C@H](Cc1cc(Cl)c(O)c(Cl)c1)N[C@@H](c1cccc(Br)c1)C(F)(F)F)CC1CCC1. The largest absolute Gasteiger partial charge is 0.505 e. The Morgan fingerprint density at radius 3 is 2.32 bits per heavy atom. The van der Waals surface area contributed by atoms with Gasteiger partial charge < -0.3 is 5.11 Å². The number of phenolic OH excluding ortho intramolecular Hbond substituents is 1. The fraction of sp³-hybridized carbons (Fsp3) is 0.500. The molecule has 1 aliphatic rings. The highest BCUT2D eigenvalue weighted by Crippen LogP contribution is 2.37. The molecule has 0 radical (unpaired) electrons. The molecule has 2 aromatic rings. The Morgan fingerprint density at radius 1 is 1.12 bits per heavy atom. The van der Waals surface area contributed by atoms with Gasteiger partial charge in [-0.25, -0.2) is 0 Å². The maximum Gasteiger partial charge on any atom is 0.407 e. The number of ketones is 3. The zero-order chi connectivity index (χ0) is 30.3. The molecule has 5 nitrogen and oxygen atoms in total. The van der Waals surface area contributed by atoms with Gasteiger partial charge in [-0.3, -0.25) is 19.7 Å². The number of hydrogen-bond acceptors (Lipinski definition) is 5. The standard InChI is InChI=1S/C30H33BrCl2F3NO4/c1-2-3-10-25(38)27(40)20(11-17-6-4-7-17)16-26(39)24(14-18-12-22(32)28(41)23(33)13-18)37-29(30(34,35)36)19-8-5-9-21(31)15-19/h5,8-9,12-13,15,17,20,24,29,37,41H,2-4,6-7,10-11,14,16H2,1H3/t20-,24+,29+/m1/s1. The van der Waals surface area contributed by atoms with E-state index < -0.39 is 41.5 Å². The van der Waals surface area contributed by atoms with Crippen molar-refractivity contribution in [1.82, 2.24) is 5.32 Å². The molecule has 11 heteroatoms. The highest BCUT2D eigenvalue weighted by Gasteiger charge is 2.43. The number of benzene rings is 2. The molecule has 41 heavy (non-hydrogen) atoms. The summed E-state index contributed by atoms with van der Waals surface area (Å²) in [5, 5.41) is 12.2. The Kier molecular flexibility index (Phi) is 12.3. The van der Waals surface area contributed by atoms with E-state index in [0.717, 1.165) is 25.7 Å². The normalized spacial score (nSPS) is 16.1. The van der Waals surface area contributed by atoms with Gasteiger partial charge in [0.05, 0.1) is 16.1 Å². The predicted octanol–water partition coefficient (Wildman–Crippen LogP) is 8.36. The molecule has 0 amide bonds. The minimum atomic E-state index is -4.76. The number of hydrogen-bond donors (Lipinski definition) is 2. The molecule has 0 aliphatic heterocycles. The van der Waals surface area contributed by atoms with Gasteiger partial charge in [-0.2, -0.15) is 13.2 Å². The first kappa shape index (κ1) is 33.6. The van der Waals surface area contributed by atoms with Gasteiger partial charge in [0.2, 0.25) is 5.78 Å². The van der Waals surface area contributed by atoms with Crippen molar-refractivity contribution in [3.63, 3.8) is 0 Å². The van der Waals surface area contributed by atoms with Crippen LogP contribution in [0.15, 0.2) is 40.9 Å². The molecule has 2 N–H and O–H groups in total. The van der Waals surface area contributed by atoms with E-state index in [0.29, 0.717) is 22.9 Å². The van der Waals surface area contributed by atoms with Gasteiger partial charge in [0.15, 0.2) is 17.3 Å². The second-order valence-corrected chi connectivity index (χ2v) is 12.4. The third-order valence-electron chi connectivity index (χ3n) is 7.48. The number of rotatable bonds is 15. The van der Waals surface area contributed by atoms with E-state index in [1.165, 1.54) is 30.3 Å². The number of halogens is 6. The molecule has 0 aromatic heterocycles. The average molecular weight is 679 g/mol. The summed E-state index contributed by atoms with van der Waals surface area (Å²) in [7, 11) is 0. The Bertz CT molecular complexity index is 1230. The molecule has 0 spiro atoms. The molecule has 0 heterocycles. The van der Waals surface area contributed by atoms with E-state index in [4.69, 9.17) is 23.2 Å². The van der Waals surface area contributed by atoms with E-state index in [2.05, 4.69) is 21.2 Å². The van der Waals surface area contributed by atoms with Crippen LogP contribution in [0.5, 0.6) is 5.75 Å². The summed E-state index contributed by atoms with van der Waals surface area (Å²) in [6.07, 6.45) is -0.920. The molecule has 1 aliphatic carbocycles. The number of carbonyl (C=O) groups excluding carboxylic acids is 3. The predicted molar refractivity (Wildman–Crippen MR) is 156 cm³/mol. The van der Waals surface area contributed by atoms with Gasteiger partial charge in [-0.1, -0.05) is 83.9 Å². The van der Waals surface area contributed by atoms with Crippen LogP contribution < -0.4 is 5.32 Å². The van der Waals surface area contributed by atoms with Crippen LogP contribution in [0.3, 0.4) is 0 Å². The summed E-state index contributed by atoms with van der Waals surface area (Å²) in [5.74, 6) is -2.90. The lowest BCUT2D eigenvalue weighted by Crippen LogP contribution is -2.47. The fourth-order valence-corrected chi connectivity index (χ4v) is 5.94. The Balaban J connectivity index is 1.95. The lowest BCUT2D eigenvalue weighted by Gasteiger charge is -2.31. The van der Waals surface area contributed by atoms with Gasteiger partial charge in [0.25, 0.3) is 0 Å². The average Bonchev–Trinajstić information content (AvgIpc) is 2.88. The van der Waals surface area contributed by atoms with Gasteiger partial charge >= 0.3 is 6.18 Å². The molecule has 3 rings (SSSR count). The van der Waals surface area contributed by atoms with Crippen LogP contribution in [0.1, 0.15) is 75.5 Å². The van der Waals surface area contributed by atoms with Crippen molar-refractivity contribution < 1.29 is 32.7 Å². The van der Waals surface area contributed by atoms with Crippen molar-refractivity contribution in [1.29, 1.82) is 0 Å². The Hall–Kier alpha value is -1.94. The van der Waals surface area contributed by atoms with E-state index in [1.54, 1.807) is 6.07 Å². The number of aromatic hydroxyl groups is 1. The van der Waals surface area contributed by atoms with Crippen molar-refractivity contribution in [3.05, 3.63) is 62.0 Å².